The second-order valence-electron chi connectivity index (χ2n) is 6.39. The topological polar surface area (TPSA) is 82.9 Å². The number of hydrogen-bond acceptors (Lipinski definition) is 4. The lowest BCUT2D eigenvalue weighted by Gasteiger charge is -2.36. The molecule has 2 heterocycles. The number of nitrogens with zero attached hydrogens (tertiary/aromatic N) is 2. The Hall–Kier alpha value is -2.51. The van der Waals surface area contributed by atoms with E-state index in [4.69, 9.17) is 27.6 Å². The third kappa shape index (κ3) is 4.31. The van der Waals surface area contributed by atoms with Gasteiger partial charge in [0.15, 0.2) is 5.76 Å². The van der Waals surface area contributed by atoms with Gasteiger partial charge in [0.2, 0.25) is 5.91 Å². The summed E-state index contributed by atoms with van der Waals surface area (Å²) < 4.78 is 5.02. The summed E-state index contributed by atoms with van der Waals surface area (Å²) in [7, 11) is 0. The van der Waals surface area contributed by atoms with Gasteiger partial charge in [0, 0.05) is 26.2 Å². The normalized spacial score (nSPS) is 15.2. The van der Waals surface area contributed by atoms with Gasteiger partial charge in [-0.25, -0.2) is 0 Å². The smallest absolute Gasteiger partial charge is 0.287 e. The van der Waals surface area contributed by atoms with Gasteiger partial charge < -0.3 is 19.5 Å². The summed E-state index contributed by atoms with van der Waals surface area (Å²) in [6.07, 6.45) is 1.39. The third-order valence-corrected chi connectivity index (χ3v) is 5.34. The molecule has 1 N–H and O–H groups in total. The van der Waals surface area contributed by atoms with Gasteiger partial charge in [-0.3, -0.25) is 14.4 Å². The van der Waals surface area contributed by atoms with E-state index in [9.17, 15) is 14.4 Å². The van der Waals surface area contributed by atoms with Crippen LogP contribution in [0.5, 0.6) is 0 Å². The molecule has 1 atom stereocenters. The van der Waals surface area contributed by atoms with Gasteiger partial charge >= 0.3 is 0 Å². The van der Waals surface area contributed by atoms with Crippen molar-refractivity contribution >= 4 is 40.9 Å². The van der Waals surface area contributed by atoms with Gasteiger partial charge in [-0.2, -0.15) is 0 Å². The van der Waals surface area contributed by atoms with E-state index in [2.05, 4.69) is 5.32 Å². The van der Waals surface area contributed by atoms with Crippen molar-refractivity contribution in [2.24, 2.45) is 0 Å². The molecule has 148 valence electrons. The monoisotopic (exact) mass is 423 g/mol. The van der Waals surface area contributed by atoms with E-state index in [1.165, 1.54) is 12.3 Å². The molecule has 0 unspecified atom stereocenters. The maximum Gasteiger partial charge on any atom is 0.287 e. The summed E-state index contributed by atoms with van der Waals surface area (Å²) in [6, 6.07) is 7.34. The minimum Gasteiger partial charge on any atom is -0.459 e. The van der Waals surface area contributed by atoms with Gasteiger partial charge in [0.1, 0.15) is 6.04 Å². The number of halogens is 2. The van der Waals surface area contributed by atoms with E-state index in [0.29, 0.717) is 36.8 Å². The molecule has 0 aliphatic carbocycles. The number of benzene rings is 1. The van der Waals surface area contributed by atoms with Crippen LogP contribution >= 0.6 is 23.2 Å². The Morgan fingerprint density at radius 1 is 1.04 bits per heavy atom. The zero-order valence-corrected chi connectivity index (χ0v) is 16.7. The van der Waals surface area contributed by atoms with Crippen molar-refractivity contribution in [2.45, 2.75) is 13.0 Å². The molecule has 1 saturated heterocycles. The number of piperazine rings is 1. The molecule has 28 heavy (non-hydrogen) atoms. The fraction of sp³-hybridized carbons (Fsp3) is 0.316. The van der Waals surface area contributed by atoms with Crippen molar-refractivity contribution in [2.75, 3.05) is 26.2 Å². The molecule has 1 fully saturated rings. The van der Waals surface area contributed by atoms with Crippen LogP contribution in [0, 0.1) is 0 Å². The Morgan fingerprint density at radius 3 is 2.36 bits per heavy atom. The largest absolute Gasteiger partial charge is 0.459 e. The molecule has 1 aliphatic rings. The summed E-state index contributed by atoms with van der Waals surface area (Å²) in [6.45, 7) is 3.08. The van der Waals surface area contributed by atoms with E-state index in [1.807, 2.05) is 0 Å². The minimum atomic E-state index is -0.706. The lowest BCUT2D eigenvalue weighted by molar-refractivity contribution is -0.134. The van der Waals surface area contributed by atoms with E-state index < -0.39 is 11.9 Å². The molecule has 9 heteroatoms. The summed E-state index contributed by atoms with van der Waals surface area (Å²) >= 11 is 12.1. The van der Waals surface area contributed by atoms with Crippen LogP contribution in [0.1, 0.15) is 27.8 Å². The SMILES string of the molecule is C[C@@H](NC(=O)c1ccco1)C(=O)N1CCN(C(=O)c2cccc(Cl)c2Cl)CC1. The van der Waals surface area contributed by atoms with Crippen molar-refractivity contribution in [3.8, 4) is 0 Å². The Kier molecular flexibility index (Phi) is 6.26. The highest BCUT2D eigenvalue weighted by atomic mass is 35.5. The zero-order valence-electron chi connectivity index (χ0n) is 15.2. The third-order valence-electron chi connectivity index (χ3n) is 4.52. The quantitative estimate of drug-likeness (QED) is 0.819. The molecule has 3 rings (SSSR count). The number of furan rings is 1. The summed E-state index contributed by atoms with van der Waals surface area (Å²) in [5.41, 5.74) is 0.341. The van der Waals surface area contributed by atoms with Gasteiger partial charge in [0.25, 0.3) is 11.8 Å². The van der Waals surface area contributed by atoms with Crippen LogP contribution < -0.4 is 5.32 Å². The Morgan fingerprint density at radius 2 is 1.71 bits per heavy atom. The van der Waals surface area contributed by atoms with Crippen LogP contribution in [0.3, 0.4) is 0 Å². The van der Waals surface area contributed by atoms with Gasteiger partial charge in [-0.1, -0.05) is 29.3 Å². The van der Waals surface area contributed by atoms with E-state index in [-0.39, 0.29) is 22.6 Å². The number of carbonyl (C=O) groups excluding carboxylic acids is 3. The Bertz CT molecular complexity index is 877. The number of rotatable bonds is 4. The molecule has 7 nitrogen and oxygen atoms in total. The molecule has 1 aromatic carbocycles. The molecule has 2 aromatic rings. The van der Waals surface area contributed by atoms with Crippen molar-refractivity contribution in [1.29, 1.82) is 0 Å². The predicted molar refractivity (Wildman–Crippen MR) is 105 cm³/mol. The second kappa shape index (κ2) is 8.67. The van der Waals surface area contributed by atoms with Gasteiger partial charge in [-0.05, 0) is 31.2 Å². The molecular weight excluding hydrogens is 405 g/mol. The minimum absolute atomic E-state index is 0.147. The highest BCUT2D eigenvalue weighted by molar-refractivity contribution is 6.43. The summed E-state index contributed by atoms with van der Waals surface area (Å²) in [5, 5.41) is 3.16. The first kappa shape index (κ1) is 20.2. The molecule has 3 amide bonds. The molecule has 0 spiro atoms. The standard InChI is InChI=1S/C19H19Cl2N3O4/c1-12(22-17(25)15-6-3-11-28-15)18(26)23-7-9-24(10-8-23)19(27)13-4-2-5-14(20)16(13)21/h2-6,11-12H,7-10H2,1H3,(H,22,25)/t12-/m1/s1. The first-order valence-electron chi connectivity index (χ1n) is 8.75. The maximum atomic E-state index is 12.7. The van der Waals surface area contributed by atoms with Gasteiger partial charge in [0.05, 0.1) is 21.9 Å². The fourth-order valence-corrected chi connectivity index (χ4v) is 3.36. The molecule has 0 radical (unpaired) electrons. The summed E-state index contributed by atoms with van der Waals surface area (Å²) in [4.78, 5) is 40.5. The number of hydrogen-bond donors (Lipinski definition) is 1. The van der Waals surface area contributed by atoms with Crippen LogP contribution in [0.2, 0.25) is 10.0 Å². The van der Waals surface area contributed by atoms with Crippen LogP contribution in [0.15, 0.2) is 41.0 Å². The van der Waals surface area contributed by atoms with E-state index in [0.717, 1.165) is 0 Å². The maximum absolute atomic E-state index is 12.7. The lowest BCUT2D eigenvalue weighted by atomic mass is 10.1. The predicted octanol–water partition coefficient (Wildman–Crippen LogP) is 2.69. The fourth-order valence-electron chi connectivity index (χ4n) is 2.98. The van der Waals surface area contributed by atoms with Crippen molar-refractivity contribution in [1.82, 2.24) is 15.1 Å². The van der Waals surface area contributed by atoms with Crippen molar-refractivity contribution in [3.05, 3.63) is 58.0 Å². The number of amides is 3. The Labute approximate surface area is 172 Å². The lowest BCUT2D eigenvalue weighted by Crippen LogP contribution is -2.55. The molecule has 1 aromatic heterocycles. The Balaban J connectivity index is 1.55. The van der Waals surface area contributed by atoms with Gasteiger partial charge in [-0.15, -0.1) is 0 Å². The van der Waals surface area contributed by atoms with Crippen LogP contribution in [-0.2, 0) is 4.79 Å². The molecular formula is C19H19Cl2N3O4. The van der Waals surface area contributed by atoms with Crippen LogP contribution in [0.25, 0.3) is 0 Å². The average molecular weight is 424 g/mol. The molecule has 1 aliphatic heterocycles. The van der Waals surface area contributed by atoms with Crippen LogP contribution in [0.4, 0.5) is 0 Å². The van der Waals surface area contributed by atoms with Crippen molar-refractivity contribution in [3.63, 3.8) is 0 Å². The highest BCUT2D eigenvalue weighted by Gasteiger charge is 2.29. The number of carbonyl (C=O) groups is 3. The van der Waals surface area contributed by atoms with E-state index >= 15 is 0 Å². The van der Waals surface area contributed by atoms with E-state index in [1.54, 1.807) is 41.0 Å². The first-order valence-corrected chi connectivity index (χ1v) is 9.50. The average Bonchev–Trinajstić information content (AvgIpc) is 3.24. The highest BCUT2D eigenvalue weighted by Crippen LogP contribution is 2.26. The first-order chi connectivity index (χ1) is 13.4. The summed E-state index contributed by atoms with van der Waals surface area (Å²) in [5.74, 6) is -0.740. The van der Waals surface area contributed by atoms with Crippen molar-refractivity contribution < 1.29 is 18.8 Å². The molecule has 0 bridgehead atoms. The number of nitrogens with one attached hydrogen (secondary N) is 1. The molecule has 0 saturated carbocycles. The second-order valence-corrected chi connectivity index (χ2v) is 7.18. The van der Waals surface area contributed by atoms with Crippen LogP contribution in [-0.4, -0.2) is 59.7 Å². The zero-order chi connectivity index (χ0) is 20.3.